The number of ketones is 2. The zero-order chi connectivity index (χ0) is 48.8. The minimum absolute atomic E-state index is 0.0343. The zero-order valence-corrected chi connectivity index (χ0v) is 41.1. The van der Waals surface area contributed by atoms with E-state index >= 15 is 0 Å². The molecule has 68 heavy (non-hydrogen) atoms. The number of nitrogens with zero attached hydrogens (tertiary/aromatic N) is 6. The van der Waals surface area contributed by atoms with E-state index in [0.717, 1.165) is 22.0 Å². The number of halogens is 4. The molecule has 2 fully saturated rings. The molecule has 2 aromatic heterocycles. The molecule has 0 bridgehead atoms. The van der Waals surface area contributed by atoms with Crippen molar-refractivity contribution in [1.29, 1.82) is 0 Å². The Morgan fingerprint density at radius 3 is 1.29 bits per heavy atom. The summed E-state index contributed by atoms with van der Waals surface area (Å²) >= 11 is 26.1. The molecule has 360 valence electrons. The maximum absolute atomic E-state index is 14.9. The third-order valence-electron chi connectivity index (χ3n) is 11.6. The molecule has 8 rings (SSSR count). The lowest BCUT2D eigenvalue weighted by atomic mass is 9.80. The van der Waals surface area contributed by atoms with Gasteiger partial charge in [-0.25, -0.2) is 19.3 Å². The molecule has 0 saturated carbocycles. The second-order valence-electron chi connectivity index (χ2n) is 16.8. The fourth-order valence-electron chi connectivity index (χ4n) is 8.14. The van der Waals surface area contributed by atoms with Gasteiger partial charge in [-0.15, -0.1) is 0 Å². The maximum atomic E-state index is 14.9. The average molecular weight is 1050 g/mol. The number of hydrogen-bond donors (Lipinski definition) is 0. The fourth-order valence-corrected chi connectivity index (χ4v) is 11.7. The molecule has 4 heterocycles. The molecule has 24 heteroatoms. The quantitative estimate of drug-likeness (QED) is 0.0746. The summed E-state index contributed by atoms with van der Waals surface area (Å²) < 4.78 is 97.1. The minimum Gasteiger partial charge on any atom is -0.349 e. The first kappa shape index (κ1) is 50.0. The van der Waals surface area contributed by atoms with Gasteiger partial charge in [0.2, 0.25) is 0 Å². The van der Waals surface area contributed by atoms with E-state index in [1.165, 1.54) is 85.5 Å². The van der Waals surface area contributed by atoms with E-state index in [2.05, 4.69) is 20.2 Å². The van der Waals surface area contributed by atoms with Crippen LogP contribution in [0.4, 0.5) is 0 Å². The third kappa shape index (κ3) is 9.84. The fraction of sp³-hybridized carbons (Fsp3) is 0.364. The van der Waals surface area contributed by atoms with Gasteiger partial charge in [-0.1, -0.05) is 82.8 Å². The van der Waals surface area contributed by atoms with Crippen LogP contribution in [0, 0.1) is 10.8 Å². The van der Waals surface area contributed by atoms with Crippen molar-refractivity contribution >= 4 is 89.0 Å². The van der Waals surface area contributed by atoms with Crippen molar-refractivity contribution in [2.45, 2.75) is 74.4 Å². The molecule has 0 N–H and O–H groups in total. The molecule has 6 aromatic rings. The molecule has 0 radical (unpaired) electrons. The summed E-state index contributed by atoms with van der Waals surface area (Å²) in [5.74, 6) is -1.23. The van der Waals surface area contributed by atoms with E-state index in [0.29, 0.717) is 0 Å². The summed E-state index contributed by atoms with van der Waals surface area (Å²) in [5.41, 5.74) is -2.77. The van der Waals surface area contributed by atoms with Gasteiger partial charge in [0, 0.05) is 42.0 Å². The van der Waals surface area contributed by atoms with E-state index in [-0.39, 0.29) is 68.4 Å². The van der Waals surface area contributed by atoms with Gasteiger partial charge in [-0.05, 0) is 64.1 Å². The number of Topliss-reactive ketones (excluding diaryl/α,β-unsaturated/α-hetero) is 2. The second-order valence-corrected chi connectivity index (χ2v) is 21.6. The summed E-state index contributed by atoms with van der Waals surface area (Å²) in [4.78, 5) is 36.7. The van der Waals surface area contributed by atoms with Gasteiger partial charge in [0.1, 0.15) is 59.4 Å². The van der Waals surface area contributed by atoms with Crippen molar-refractivity contribution in [3.05, 3.63) is 129 Å². The normalized spacial score (nSPS) is 17.4. The van der Waals surface area contributed by atoms with Crippen LogP contribution in [0.2, 0.25) is 20.1 Å². The maximum Gasteiger partial charge on any atom is 0.298 e. The predicted molar refractivity (Wildman–Crippen MR) is 246 cm³/mol. The topological polar surface area (TPSA) is 219 Å². The molecular formula is C44H42Cl4N6O12S2. The highest BCUT2D eigenvalue weighted by Crippen LogP contribution is 2.46. The van der Waals surface area contributed by atoms with Crippen LogP contribution in [0.25, 0.3) is 10.8 Å². The monoisotopic (exact) mass is 1050 g/mol. The van der Waals surface area contributed by atoms with E-state index < -0.39 is 89.3 Å². The van der Waals surface area contributed by atoms with Crippen LogP contribution in [0.15, 0.2) is 108 Å². The molecule has 2 aliphatic rings. The first-order valence-corrected chi connectivity index (χ1v) is 25.1. The minimum atomic E-state index is -5.03. The molecule has 0 spiro atoms. The summed E-state index contributed by atoms with van der Waals surface area (Å²) in [6.07, 6.45) is -0.749. The van der Waals surface area contributed by atoms with E-state index in [9.17, 15) is 26.4 Å². The largest absolute Gasteiger partial charge is 0.349 e. The SMILES string of the molecule is CC(C)(C(=O)C(C(OS(=O)(=O)c1cccc2c(S(=O)(=O)OC(c3ccc(Cl)cc3Cl)C(C(=O)C(C)(C)C3OCCO3)n3cncn3)cccc12)c1ccc(Cl)cc1Cl)n1cncn1)C1OCCO1. The number of benzene rings is 4. The molecule has 2 saturated heterocycles. The van der Waals surface area contributed by atoms with Gasteiger partial charge in [-0.3, -0.25) is 18.0 Å². The molecular weight excluding hydrogens is 1010 g/mol. The number of carbonyl (C=O) groups excluding carboxylic acids is 2. The highest BCUT2D eigenvalue weighted by Gasteiger charge is 2.51. The van der Waals surface area contributed by atoms with Crippen LogP contribution in [-0.2, 0) is 57.1 Å². The summed E-state index contributed by atoms with van der Waals surface area (Å²) in [6, 6.07) is 13.1. The first-order valence-electron chi connectivity index (χ1n) is 20.7. The van der Waals surface area contributed by atoms with Gasteiger partial charge in [0.05, 0.1) is 37.3 Å². The Hall–Kier alpha value is -4.42. The van der Waals surface area contributed by atoms with Crippen molar-refractivity contribution in [2.75, 3.05) is 26.4 Å². The number of hydrogen-bond acceptors (Lipinski definition) is 16. The zero-order valence-electron chi connectivity index (χ0n) is 36.4. The van der Waals surface area contributed by atoms with Crippen molar-refractivity contribution in [3.63, 3.8) is 0 Å². The van der Waals surface area contributed by atoms with Gasteiger partial charge in [0.15, 0.2) is 24.1 Å². The Balaban J connectivity index is 1.23. The average Bonchev–Trinajstić information content (AvgIpc) is 4.15. The lowest BCUT2D eigenvalue weighted by Gasteiger charge is -2.35. The predicted octanol–water partition coefficient (Wildman–Crippen LogP) is 7.95. The lowest BCUT2D eigenvalue weighted by Crippen LogP contribution is -2.44. The molecule has 4 aromatic carbocycles. The van der Waals surface area contributed by atoms with Crippen LogP contribution in [0.1, 0.15) is 63.1 Å². The standard InChI is InChI=1S/C44H42Cl4N6O12S2/c1-43(2,41-61-15-16-62-41)39(55)35(53-23-49-21-51-53)37(29-13-11-25(45)19-31(29)47)65-67(57,58)33-9-5-8-28-27(33)7-6-10-34(28)68(59,60)66-38(30-14-12-26(46)20-32(30)48)36(54-24-50-22-52-54)40(56)44(3,4)42-63-17-18-64-42/h5-14,19-24,35-38,41-42H,15-18H2,1-4H3. The molecule has 0 amide bonds. The molecule has 2 aliphatic heterocycles. The van der Waals surface area contributed by atoms with Crippen LogP contribution < -0.4 is 0 Å². The number of rotatable bonds is 18. The highest BCUT2D eigenvalue weighted by atomic mass is 35.5. The molecule has 4 unspecified atom stereocenters. The van der Waals surface area contributed by atoms with E-state index in [1.807, 2.05) is 0 Å². The number of fused-ring (bicyclic) bond motifs is 1. The summed E-state index contributed by atoms with van der Waals surface area (Å²) in [7, 11) is -10.1. The summed E-state index contributed by atoms with van der Waals surface area (Å²) in [6.45, 7) is 7.18. The van der Waals surface area contributed by atoms with Gasteiger partial charge < -0.3 is 18.9 Å². The summed E-state index contributed by atoms with van der Waals surface area (Å²) in [5, 5.41) is 8.49. The number of aromatic nitrogens is 6. The Kier molecular flexibility index (Phi) is 14.5. The molecule has 18 nitrogen and oxygen atoms in total. The Bertz CT molecular complexity index is 2850. The smallest absolute Gasteiger partial charge is 0.298 e. The van der Waals surface area contributed by atoms with Crippen LogP contribution in [0.3, 0.4) is 0 Å². The van der Waals surface area contributed by atoms with Crippen LogP contribution in [0.5, 0.6) is 0 Å². The third-order valence-corrected chi connectivity index (χ3v) is 15.5. The van der Waals surface area contributed by atoms with E-state index in [4.69, 9.17) is 73.7 Å². The van der Waals surface area contributed by atoms with Crippen molar-refractivity contribution < 1.29 is 53.7 Å². The number of carbonyl (C=O) groups is 2. The van der Waals surface area contributed by atoms with Crippen molar-refractivity contribution in [2.24, 2.45) is 10.8 Å². The van der Waals surface area contributed by atoms with Crippen molar-refractivity contribution in [3.8, 4) is 0 Å². The van der Waals surface area contributed by atoms with Gasteiger partial charge in [-0.2, -0.15) is 27.0 Å². The first-order chi connectivity index (χ1) is 32.2. The Morgan fingerprint density at radius 1 is 0.603 bits per heavy atom. The van der Waals surface area contributed by atoms with Gasteiger partial charge in [0.25, 0.3) is 20.2 Å². The van der Waals surface area contributed by atoms with Crippen molar-refractivity contribution in [1.82, 2.24) is 29.5 Å². The lowest BCUT2D eigenvalue weighted by molar-refractivity contribution is -0.161. The number of ether oxygens (including phenoxy) is 4. The van der Waals surface area contributed by atoms with Gasteiger partial charge >= 0.3 is 0 Å². The van der Waals surface area contributed by atoms with E-state index in [1.54, 1.807) is 27.7 Å². The van der Waals surface area contributed by atoms with Crippen LogP contribution in [-0.4, -0.2) is 96.9 Å². The molecule has 4 atom stereocenters. The second kappa shape index (κ2) is 19.8. The molecule has 0 aliphatic carbocycles. The Morgan fingerprint density at radius 2 is 0.971 bits per heavy atom. The Labute approximate surface area is 410 Å². The highest BCUT2D eigenvalue weighted by molar-refractivity contribution is 7.87. The van der Waals surface area contributed by atoms with Crippen LogP contribution >= 0.6 is 46.4 Å².